The number of aromatic nitrogens is 1. The molecule has 0 fully saturated rings. The highest BCUT2D eigenvalue weighted by Gasteiger charge is 2.08. The van der Waals surface area contributed by atoms with E-state index in [9.17, 15) is 8.78 Å². The molecule has 2 heterocycles. The van der Waals surface area contributed by atoms with E-state index < -0.39 is 5.76 Å². The lowest BCUT2D eigenvalue weighted by Crippen LogP contribution is -2.01. The number of nitrogens with one attached hydrogen (secondary N) is 1. The summed E-state index contributed by atoms with van der Waals surface area (Å²) in [6, 6.07) is 7.01. The van der Waals surface area contributed by atoms with Crippen molar-refractivity contribution >= 4 is 29.1 Å². The fourth-order valence-electron chi connectivity index (χ4n) is 1.64. The second-order valence-corrected chi connectivity index (χ2v) is 5.43. The van der Waals surface area contributed by atoms with E-state index in [0.29, 0.717) is 35.0 Å². The van der Waals surface area contributed by atoms with E-state index in [-0.39, 0.29) is 5.75 Å². The summed E-state index contributed by atoms with van der Waals surface area (Å²) in [7, 11) is 0. The minimum absolute atomic E-state index is 0.166. The number of nitrogens with zero attached hydrogens (tertiary/aromatic N) is 1. The Kier molecular flexibility index (Phi) is 5.25. The molecule has 20 heavy (non-hydrogen) atoms. The van der Waals surface area contributed by atoms with Gasteiger partial charge in [0.2, 0.25) is 0 Å². The number of halogens is 3. The van der Waals surface area contributed by atoms with E-state index in [1.54, 1.807) is 18.2 Å². The predicted molar refractivity (Wildman–Crippen MR) is 77.3 cm³/mol. The third-order valence-corrected chi connectivity index (χ3v) is 3.49. The summed E-state index contributed by atoms with van der Waals surface area (Å²) in [4.78, 5) is 4.13. The molecule has 2 rings (SSSR count). The second-order valence-electron chi connectivity index (χ2n) is 4.06. The van der Waals surface area contributed by atoms with Gasteiger partial charge in [0.05, 0.1) is 23.7 Å². The second kappa shape index (κ2) is 6.95. The maximum atomic E-state index is 12.1. The molecule has 3 nitrogen and oxygen atoms in total. The first-order chi connectivity index (χ1) is 9.54. The Morgan fingerprint density at radius 3 is 2.75 bits per heavy atom. The van der Waals surface area contributed by atoms with Gasteiger partial charge in [-0.05, 0) is 31.2 Å². The normalized spacial score (nSPS) is 11.1. The number of furan rings is 1. The van der Waals surface area contributed by atoms with Crippen LogP contribution in [0.3, 0.4) is 0 Å². The van der Waals surface area contributed by atoms with Gasteiger partial charge in [-0.15, -0.1) is 0 Å². The quantitative estimate of drug-likeness (QED) is 0.783. The van der Waals surface area contributed by atoms with Crippen LogP contribution < -0.4 is 5.32 Å². The number of rotatable bonds is 6. The van der Waals surface area contributed by atoms with Gasteiger partial charge in [0, 0.05) is 0 Å². The Labute approximate surface area is 124 Å². The molecular weight excluding hydrogens is 306 g/mol. The maximum Gasteiger partial charge on any atom is 0.284 e. The van der Waals surface area contributed by atoms with Crippen molar-refractivity contribution in [2.24, 2.45) is 0 Å². The molecule has 0 radical (unpaired) electrons. The number of thioether (sulfide) groups is 1. The van der Waals surface area contributed by atoms with Crippen molar-refractivity contribution in [3.05, 3.63) is 46.6 Å². The Bertz CT molecular complexity index is 577. The summed E-state index contributed by atoms with van der Waals surface area (Å²) in [5.74, 6) is -0.995. The molecular formula is C13H13ClF2N2OS. The predicted octanol–water partition coefficient (Wildman–Crippen LogP) is 4.70. The first-order valence-corrected chi connectivity index (χ1v) is 7.31. The van der Waals surface area contributed by atoms with Crippen LogP contribution in [0.15, 0.2) is 28.7 Å². The molecule has 2 aromatic heterocycles. The molecule has 0 atom stereocenters. The monoisotopic (exact) mass is 318 g/mol. The molecule has 7 heteroatoms. The van der Waals surface area contributed by atoms with Crippen LogP contribution in [-0.4, -0.2) is 10.7 Å². The molecule has 108 valence electrons. The van der Waals surface area contributed by atoms with Gasteiger partial charge in [-0.3, -0.25) is 0 Å². The topological polar surface area (TPSA) is 38.1 Å². The smallest absolute Gasteiger partial charge is 0.284 e. The lowest BCUT2D eigenvalue weighted by molar-refractivity contribution is 0.251. The SMILES string of the molecule is Cc1nc(Cl)ccc1NCc1ccc(CSC(F)F)o1. The first kappa shape index (κ1) is 15.1. The Balaban J connectivity index is 1.90. The summed E-state index contributed by atoms with van der Waals surface area (Å²) < 4.78 is 29.6. The average molecular weight is 319 g/mol. The van der Waals surface area contributed by atoms with Gasteiger partial charge in [-0.2, -0.15) is 8.78 Å². The number of aryl methyl sites for hydroxylation is 1. The van der Waals surface area contributed by atoms with Crippen LogP contribution in [-0.2, 0) is 12.3 Å². The first-order valence-electron chi connectivity index (χ1n) is 5.89. The zero-order chi connectivity index (χ0) is 14.5. The molecule has 0 amide bonds. The molecule has 0 spiro atoms. The molecule has 0 aliphatic heterocycles. The third kappa shape index (κ3) is 4.38. The number of alkyl halides is 2. The average Bonchev–Trinajstić information content (AvgIpc) is 2.83. The van der Waals surface area contributed by atoms with Gasteiger partial charge in [-0.25, -0.2) is 4.98 Å². The van der Waals surface area contributed by atoms with Gasteiger partial charge in [-0.1, -0.05) is 23.4 Å². The Morgan fingerprint density at radius 1 is 1.30 bits per heavy atom. The highest BCUT2D eigenvalue weighted by molar-refractivity contribution is 7.98. The van der Waals surface area contributed by atoms with Crippen LogP contribution in [0.2, 0.25) is 5.15 Å². The highest BCUT2D eigenvalue weighted by atomic mass is 35.5. The Morgan fingerprint density at radius 2 is 2.05 bits per heavy atom. The maximum absolute atomic E-state index is 12.1. The zero-order valence-corrected chi connectivity index (χ0v) is 12.3. The summed E-state index contributed by atoms with van der Waals surface area (Å²) in [5, 5.41) is 3.61. The fraction of sp³-hybridized carbons (Fsp3) is 0.308. The fourth-order valence-corrected chi connectivity index (χ4v) is 2.27. The molecule has 0 saturated carbocycles. The van der Waals surface area contributed by atoms with E-state index in [4.69, 9.17) is 16.0 Å². The number of anilines is 1. The minimum Gasteiger partial charge on any atom is -0.463 e. The molecule has 2 aromatic rings. The van der Waals surface area contributed by atoms with Crippen molar-refractivity contribution in [2.75, 3.05) is 5.32 Å². The van der Waals surface area contributed by atoms with Crippen molar-refractivity contribution in [3.63, 3.8) is 0 Å². The van der Waals surface area contributed by atoms with Crippen LogP contribution >= 0.6 is 23.4 Å². The standard InChI is InChI=1S/C13H13ClF2N2OS/c1-8-11(4-5-12(14)18-8)17-6-9-2-3-10(19-9)7-20-13(15)16/h2-5,13,17H,6-7H2,1H3. The van der Waals surface area contributed by atoms with Gasteiger partial charge >= 0.3 is 0 Å². The minimum atomic E-state index is -2.38. The molecule has 0 aliphatic carbocycles. The molecule has 0 saturated heterocycles. The number of hydrogen-bond acceptors (Lipinski definition) is 4. The van der Waals surface area contributed by atoms with Crippen molar-refractivity contribution in [2.45, 2.75) is 25.0 Å². The molecule has 0 bridgehead atoms. The molecule has 0 aliphatic rings. The summed E-state index contributed by atoms with van der Waals surface area (Å²) >= 11 is 6.32. The van der Waals surface area contributed by atoms with Crippen LogP contribution in [0, 0.1) is 6.92 Å². The largest absolute Gasteiger partial charge is 0.463 e. The molecule has 1 N–H and O–H groups in total. The van der Waals surface area contributed by atoms with E-state index in [0.717, 1.165) is 11.4 Å². The summed E-state index contributed by atoms with van der Waals surface area (Å²) in [6.07, 6.45) is 0. The van der Waals surface area contributed by atoms with Gasteiger partial charge in [0.15, 0.2) is 0 Å². The van der Waals surface area contributed by atoms with Gasteiger partial charge in [0.1, 0.15) is 16.7 Å². The van der Waals surface area contributed by atoms with Crippen LogP contribution in [0.1, 0.15) is 17.2 Å². The number of pyridine rings is 1. The highest BCUT2D eigenvalue weighted by Crippen LogP contribution is 2.22. The third-order valence-electron chi connectivity index (χ3n) is 2.57. The van der Waals surface area contributed by atoms with Crippen LogP contribution in [0.4, 0.5) is 14.5 Å². The van der Waals surface area contributed by atoms with Crippen molar-refractivity contribution in [3.8, 4) is 0 Å². The lowest BCUT2D eigenvalue weighted by Gasteiger charge is -2.07. The summed E-state index contributed by atoms with van der Waals surface area (Å²) in [5.41, 5.74) is 1.65. The molecule has 0 aromatic carbocycles. The van der Waals surface area contributed by atoms with Gasteiger partial charge < -0.3 is 9.73 Å². The van der Waals surface area contributed by atoms with Crippen molar-refractivity contribution in [1.29, 1.82) is 0 Å². The van der Waals surface area contributed by atoms with Crippen molar-refractivity contribution in [1.82, 2.24) is 4.98 Å². The van der Waals surface area contributed by atoms with Crippen molar-refractivity contribution < 1.29 is 13.2 Å². The van der Waals surface area contributed by atoms with E-state index in [2.05, 4.69) is 10.3 Å². The van der Waals surface area contributed by atoms with E-state index in [1.165, 1.54) is 0 Å². The molecule has 0 unspecified atom stereocenters. The van der Waals surface area contributed by atoms with E-state index >= 15 is 0 Å². The van der Waals surface area contributed by atoms with Crippen LogP contribution in [0.25, 0.3) is 0 Å². The van der Waals surface area contributed by atoms with E-state index in [1.807, 2.05) is 13.0 Å². The Hall–Kier alpha value is -1.27. The van der Waals surface area contributed by atoms with Gasteiger partial charge in [0.25, 0.3) is 5.76 Å². The zero-order valence-electron chi connectivity index (χ0n) is 10.7. The summed E-state index contributed by atoms with van der Waals surface area (Å²) in [6.45, 7) is 2.31. The number of hydrogen-bond donors (Lipinski definition) is 1. The lowest BCUT2D eigenvalue weighted by atomic mass is 10.3. The van der Waals surface area contributed by atoms with Crippen LogP contribution in [0.5, 0.6) is 0 Å².